The van der Waals surface area contributed by atoms with Crippen molar-refractivity contribution in [2.45, 2.75) is 0 Å². The molecule has 4 heteroatoms. The first kappa shape index (κ1) is 9.12. The van der Waals surface area contributed by atoms with Gasteiger partial charge in [-0.2, -0.15) is 0 Å². The van der Waals surface area contributed by atoms with Crippen LogP contribution < -0.4 is 0 Å². The Morgan fingerprint density at radius 1 is 1.23 bits per heavy atom. The molecule has 0 aromatic heterocycles. The van der Waals surface area contributed by atoms with Gasteiger partial charge in [-0.25, -0.2) is 4.79 Å². The highest BCUT2D eigenvalue weighted by Crippen LogP contribution is 2.05. The van der Waals surface area contributed by atoms with Gasteiger partial charge >= 0.3 is 5.97 Å². The zero-order valence-corrected chi connectivity index (χ0v) is 6.56. The predicted octanol–water partition coefficient (Wildman–Crippen LogP) is 0.262. The normalized spacial score (nSPS) is 16.5. The van der Waals surface area contributed by atoms with Crippen molar-refractivity contribution in [3.63, 3.8) is 0 Å². The minimum atomic E-state index is -1.10. The quantitative estimate of drug-likeness (QED) is 0.374. The van der Waals surface area contributed by atoms with E-state index in [2.05, 4.69) is 0 Å². The molecule has 1 rings (SSSR count). The molecule has 0 aromatic rings. The molecule has 0 amide bonds. The van der Waals surface area contributed by atoms with E-state index in [-0.39, 0.29) is 0 Å². The Kier molecular flexibility index (Phi) is 2.54. The van der Waals surface area contributed by atoms with Gasteiger partial charge in [0.05, 0.1) is 0 Å². The van der Waals surface area contributed by atoms with E-state index in [1.54, 1.807) is 0 Å². The first-order valence-electron chi connectivity index (χ1n) is 3.48. The molecule has 0 unspecified atom stereocenters. The minimum Gasteiger partial charge on any atom is -0.478 e. The molecule has 0 radical (unpaired) electrons. The third-order valence-electron chi connectivity index (χ3n) is 1.39. The van der Waals surface area contributed by atoms with Crippen LogP contribution in [0.25, 0.3) is 0 Å². The Labute approximate surface area is 73.9 Å². The van der Waals surface area contributed by atoms with E-state index in [1.165, 1.54) is 12.2 Å². The van der Waals surface area contributed by atoms with Crippen LogP contribution in [0.2, 0.25) is 0 Å². The van der Waals surface area contributed by atoms with Gasteiger partial charge in [0.2, 0.25) is 11.6 Å². The Bertz CT molecular complexity index is 358. The van der Waals surface area contributed by atoms with Crippen molar-refractivity contribution in [1.29, 1.82) is 0 Å². The molecule has 0 fully saturated rings. The third-order valence-corrected chi connectivity index (χ3v) is 1.39. The van der Waals surface area contributed by atoms with Crippen molar-refractivity contribution in [1.82, 2.24) is 0 Å². The average Bonchev–Trinajstić information content (AvgIpc) is 2.07. The molecule has 66 valence electrons. The first-order valence-corrected chi connectivity index (χ1v) is 3.48. The monoisotopic (exact) mass is 178 g/mol. The zero-order chi connectivity index (χ0) is 9.84. The lowest BCUT2D eigenvalue weighted by atomic mass is 10.1. The number of carboxylic acids is 1. The van der Waals surface area contributed by atoms with Gasteiger partial charge in [-0.3, -0.25) is 9.59 Å². The maximum absolute atomic E-state index is 10.8. The topological polar surface area (TPSA) is 71.4 Å². The van der Waals surface area contributed by atoms with Crippen molar-refractivity contribution < 1.29 is 19.5 Å². The molecule has 0 spiro atoms. The largest absolute Gasteiger partial charge is 0.478 e. The van der Waals surface area contributed by atoms with Crippen LogP contribution in [0.4, 0.5) is 0 Å². The molecule has 4 nitrogen and oxygen atoms in total. The SMILES string of the molecule is O=C(O)C=CC1=CC(=O)C(=O)C=C1. The Morgan fingerprint density at radius 3 is 2.46 bits per heavy atom. The van der Waals surface area contributed by atoms with Crippen LogP contribution in [-0.2, 0) is 14.4 Å². The molecule has 0 bridgehead atoms. The van der Waals surface area contributed by atoms with Gasteiger partial charge in [0.25, 0.3) is 0 Å². The van der Waals surface area contributed by atoms with E-state index in [9.17, 15) is 14.4 Å². The van der Waals surface area contributed by atoms with Gasteiger partial charge in [-0.05, 0) is 23.8 Å². The standard InChI is InChI=1S/C9H6O4/c10-7-3-1-6(5-8(7)11)2-4-9(12)13/h1-5H,(H,12,13). The number of carboxylic acid groups (broad SMARTS) is 1. The van der Waals surface area contributed by atoms with E-state index in [0.29, 0.717) is 5.57 Å². The molecule has 0 aromatic carbocycles. The van der Waals surface area contributed by atoms with Crippen LogP contribution in [0.1, 0.15) is 0 Å². The summed E-state index contributed by atoms with van der Waals surface area (Å²) in [6.45, 7) is 0. The van der Waals surface area contributed by atoms with E-state index >= 15 is 0 Å². The predicted molar refractivity (Wildman–Crippen MR) is 44.0 cm³/mol. The molecule has 13 heavy (non-hydrogen) atoms. The maximum Gasteiger partial charge on any atom is 0.328 e. The van der Waals surface area contributed by atoms with Gasteiger partial charge in [-0.15, -0.1) is 0 Å². The second-order valence-corrected chi connectivity index (χ2v) is 2.38. The summed E-state index contributed by atoms with van der Waals surface area (Å²) in [4.78, 5) is 31.5. The summed E-state index contributed by atoms with van der Waals surface area (Å²) in [5.74, 6) is -2.32. The number of allylic oxidation sites excluding steroid dienone is 5. The van der Waals surface area contributed by atoms with Gasteiger partial charge in [0, 0.05) is 6.08 Å². The van der Waals surface area contributed by atoms with Crippen LogP contribution in [0.3, 0.4) is 0 Å². The molecular weight excluding hydrogens is 172 g/mol. The number of hydrogen-bond acceptors (Lipinski definition) is 3. The summed E-state index contributed by atoms with van der Waals surface area (Å²) in [5, 5.41) is 8.27. The number of hydrogen-bond donors (Lipinski definition) is 1. The fourth-order valence-corrected chi connectivity index (χ4v) is 0.796. The summed E-state index contributed by atoms with van der Waals surface area (Å²) in [6, 6.07) is 0. The Hall–Kier alpha value is -1.97. The highest BCUT2D eigenvalue weighted by Gasteiger charge is 2.11. The lowest BCUT2D eigenvalue weighted by Crippen LogP contribution is -2.11. The summed E-state index contributed by atoms with van der Waals surface area (Å²) in [6.07, 6.45) is 5.76. The number of carbonyl (C=O) groups is 3. The van der Waals surface area contributed by atoms with Crippen molar-refractivity contribution in [2.75, 3.05) is 0 Å². The lowest BCUT2D eigenvalue weighted by Gasteiger charge is -1.98. The van der Waals surface area contributed by atoms with Crippen molar-refractivity contribution in [3.05, 3.63) is 36.0 Å². The van der Waals surface area contributed by atoms with Crippen molar-refractivity contribution in [2.24, 2.45) is 0 Å². The molecular formula is C9H6O4. The van der Waals surface area contributed by atoms with Gasteiger partial charge in [-0.1, -0.05) is 6.08 Å². The van der Waals surface area contributed by atoms with E-state index < -0.39 is 17.5 Å². The van der Waals surface area contributed by atoms with Crippen molar-refractivity contribution in [3.8, 4) is 0 Å². The molecule has 1 aliphatic carbocycles. The molecule has 0 atom stereocenters. The second-order valence-electron chi connectivity index (χ2n) is 2.38. The van der Waals surface area contributed by atoms with E-state index in [1.807, 2.05) is 0 Å². The van der Waals surface area contributed by atoms with Crippen molar-refractivity contribution >= 4 is 17.5 Å². The Morgan fingerprint density at radius 2 is 1.92 bits per heavy atom. The smallest absolute Gasteiger partial charge is 0.328 e. The minimum absolute atomic E-state index is 0.409. The highest BCUT2D eigenvalue weighted by atomic mass is 16.4. The van der Waals surface area contributed by atoms with E-state index in [0.717, 1.165) is 18.2 Å². The van der Waals surface area contributed by atoms with Crippen LogP contribution in [0.15, 0.2) is 36.0 Å². The van der Waals surface area contributed by atoms with Gasteiger partial charge in [0.1, 0.15) is 0 Å². The number of aliphatic carboxylic acids is 1. The van der Waals surface area contributed by atoms with Crippen LogP contribution in [-0.4, -0.2) is 22.6 Å². The molecule has 1 aliphatic rings. The number of ketones is 2. The van der Waals surface area contributed by atoms with Crippen LogP contribution >= 0.6 is 0 Å². The third kappa shape index (κ3) is 2.52. The summed E-state index contributed by atoms with van der Waals surface area (Å²) < 4.78 is 0. The zero-order valence-electron chi connectivity index (χ0n) is 6.56. The maximum atomic E-state index is 10.8. The number of rotatable bonds is 2. The first-order chi connectivity index (χ1) is 6.09. The molecule has 0 saturated carbocycles. The fraction of sp³-hybridized carbons (Fsp3) is 0. The summed E-state index contributed by atoms with van der Waals surface area (Å²) in [5.41, 5.74) is 0.409. The van der Waals surface area contributed by atoms with Crippen LogP contribution in [0, 0.1) is 0 Å². The highest BCUT2D eigenvalue weighted by molar-refractivity contribution is 6.46. The van der Waals surface area contributed by atoms with Crippen LogP contribution in [0.5, 0.6) is 0 Å². The summed E-state index contributed by atoms with van der Waals surface area (Å²) >= 11 is 0. The fourth-order valence-electron chi connectivity index (χ4n) is 0.796. The molecule has 1 N–H and O–H groups in total. The average molecular weight is 178 g/mol. The number of carbonyl (C=O) groups excluding carboxylic acids is 2. The van der Waals surface area contributed by atoms with E-state index in [4.69, 9.17) is 5.11 Å². The molecule has 0 saturated heterocycles. The molecule has 0 heterocycles. The molecule has 0 aliphatic heterocycles. The second kappa shape index (κ2) is 3.62. The summed E-state index contributed by atoms with van der Waals surface area (Å²) in [7, 11) is 0. The van der Waals surface area contributed by atoms with Gasteiger partial charge in [0.15, 0.2) is 0 Å². The van der Waals surface area contributed by atoms with Gasteiger partial charge < -0.3 is 5.11 Å². The Balaban J connectivity index is 2.80. The lowest BCUT2D eigenvalue weighted by molar-refractivity contribution is -0.131.